The molecule has 108 heavy (non-hydrogen) atoms. The molecule has 2 saturated heterocycles. The molecule has 576 valence electrons. The fourth-order valence-corrected chi connectivity index (χ4v) is 14.4. The van der Waals surface area contributed by atoms with Crippen LogP contribution in [0.5, 0.6) is 46.0 Å². The van der Waals surface area contributed by atoms with Crippen LogP contribution in [0.2, 0.25) is 10.0 Å². The van der Waals surface area contributed by atoms with Gasteiger partial charge in [0, 0.05) is 46.4 Å². The fourth-order valence-electron chi connectivity index (χ4n) is 13.1. The second-order valence-corrected chi connectivity index (χ2v) is 29.3. The summed E-state index contributed by atoms with van der Waals surface area (Å²) in [6.45, 7) is 9.65. The maximum absolute atomic E-state index is 16.2. The van der Waals surface area contributed by atoms with Crippen LogP contribution in [0.1, 0.15) is 118 Å². The number of phenolic OH excluding ortho intramolecular Hbond substituents is 3. The predicted octanol–water partition coefficient (Wildman–Crippen LogP) is 1.74. The number of amides is 7. The van der Waals surface area contributed by atoms with Crippen LogP contribution in [0.15, 0.2) is 88.8 Å². The highest BCUT2D eigenvalue weighted by molar-refractivity contribution is 7.99. The predicted molar refractivity (Wildman–Crippen MR) is 377 cm³/mol. The number of aromatic amines is 1. The summed E-state index contributed by atoms with van der Waals surface area (Å²) in [5, 5.41) is 126. The van der Waals surface area contributed by atoms with Gasteiger partial charge in [0.15, 0.2) is 35.1 Å². The number of hydrogen-bond acceptors (Lipinski definition) is 27. The first kappa shape index (κ1) is 79.1. The van der Waals surface area contributed by atoms with Crippen molar-refractivity contribution in [2.75, 3.05) is 5.75 Å². The van der Waals surface area contributed by atoms with Crippen molar-refractivity contribution in [1.82, 2.24) is 47.1 Å². The van der Waals surface area contributed by atoms with Crippen LogP contribution < -0.4 is 63.1 Å². The Morgan fingerprint density at radius 1 is 0.722 bits per heavy atom. The first-order valence-electron chi connectivity index (χ1n) is 33.7. The average molecular weight is 1560 g/mol. The quantitative estimate of drug-likeness (QED) is 0.0691. The van der Waals surface area contributed by atoms with Crippen molar-refractivity contribution < 1.29 is 113 Å². The van der Waals surface area contributed by atoms with E-state index in [9.17, 15) is 74.7 Å². The molecule has 7 aliphatic rings. The summed E-state index contributed by atoms with van der Waals surface area (Å²) in [5.41, 5.74) is 7.48. The lowest BCUT2D eigenvalue weighted by molar-refractivity contribution is -0.329. The molecule has 0 radical (unpaired) electrons. The van der Waals surface area contributed by atoms with Crippen molar-refractivity contribution in [3.63, 3.8) is 0 Å². The number of aromatic nitrogens is 3. The number of carbonyl (C=O) groups is 8. The SMILES string of the molecule is Cc1nnc(SCC2OC(Oc3c4cc5cc3Oc3ccc(cc3Cl)[C@@H](O)[C@@H](NC(=O)[C@@H](C)CC(C)C)C(=O)N[C@@H](CC(N)=O)C(=O)N[C@H]5C(=O)NC3C(=O)N[C@H](C(=O)N[C@@H](C(=O)O)c5cc(O)cc(O)c5-c5cc3ccc5O)[C@H](O)c3ccc(c(Cl)c3)O4)C(OC3CC(C)(N)C(O)C(C)O3)C(O)C2O)[nH]c1=O. The first-order valence-corrected chi connectivity index (χ1v) is 35.4. The summed E-state index contributed by atoms with van der Waals surface area (Å²) in [7, 11) is 0. The zero-order valence-electron chi connectivity index (χ0n) is 58.1. The number of primary amides is 1. The molecule has 0 spiro atoms. The van der Waals surface area contributed by atoms with E-state index in [0.29, 0.717) is 0 Å². The lowest BCUT2D eigenvalue weighted by Gasteiger charge is -2.47. The van der Waals surface area contributed by atoms with Crippen LogP contribution in [0.25, 0.3) is 11.1 Å². The van der Waals surface area contributed by atoms with Gasteiger partial charge in [-0.2, -0.15) is 0 Å². The van der Waals surface area contributed by atoms with Crippen LogP contribution in [0, 0.1) is 18.8 Å². The molecule has 6 aromatic rings. The van der Waals surface area contributed by atoms with Crippen LogP contribution >= 0.6 is 35.0 Å². The number of nitrogens with zero attached hydrogens (tertiary/aromatic N) is 2. The van der Waals surface area contributed by atoms with Gasteiger partial charge in [0.05, 0.1) is 34.8 Å². The number of ether oxygens (including phenoxy) is 6. The standard InChI is InChI=1S/C70H77Cl2N11O24S/c1-24(2)13-25(3)60(93)79-51-53(88)29-8-11-40(35(71)15-29)103-42-17-31-18-43(57(42)107-68-58(106-46-22-70(6,74)59(92)27(5)102-46)56(91)55(90)44(105-68)23-108-69-81-61(94)26(4)82-83-69)104-41-12-9-30(16-36(41)72)54(89)52-66(99)78-50(67(100)101)34-19-32(84)20-39(86)47(34)33-14-28(7-10-38(33)85)48(63(96)80-52)77-64(97)49(31)76-62(95)37(21-45(73)87)75-65(51)98/h7-12,14-20,24-25,27,37,44,46,48-56,58-59,68,84-86,88-92H,13,21-23,74H2,1-6H3,(H2,73,87)(H,75,98)(H,76,95)(H,77,97)(H,78,99)(H,79,93)(H,80,96)(H,100,101)(H,81,83,94)/t25-,27?,37-,44?,46?,48?,49+,50+,51+,52-,53+,54+,55?,56?,58?,59?,68?,70?/m0/s1. The minimum atomic E-state index is -2.36. The Hall–Kier alpha value is -9.96. The third kappa shape index (κ3) is 17.0. The lowest BCUT2D eigenvalue weighted by atomic mass is 9.86. The Morgan fingerprint density at radius 2 is 1.34 bits per heavy atom. The van der Waals surface area contributed by atoms with E-state index in [1.165, 1.54) is 32.9 Å². The van der Waals surface area contributed by atoms with Gasteiger partial charge >= 0.3 is 5.97 Å². The topological polar surface area (TPSA) is 557 Å². The van der Waals surface area contributed by atoms with E-state index in [2.05, 4.69) is 47.1 Å². The van der Waals surface area contributed by atoms with Gasteiger partial charge in [-0.3, -0.25) is 43.3 Å². The molecule has 13 rings (SSSR count). The van der Waals surface area contributed by atoms with Gasteiger partial charge in [0.25, 0.3) is 5.56 Å². The number of aliphatic hydroxyl groups is 5. The number of nitrogens with one attached hydrogen (secondary N) is 7. The van der Waals surface area contributed by atoms with E-state index in [-0.39, 0.29) is 62.8 Å². The second kappa shape index (κ2) is 32.1. The number of hydrogen-bond donors (Lipinski definition) is 18. The molecule has 11 bridgehead atoms. The molecule has 20 N–H and O–H groups in total. The van der Waals surface area contributed by atoms with Gasteiger partial charge in [-0.1, -0.05) is 73.9 Å². The van der Waals surface area contributed by atoms with Crippen LogP contribution in [-0.2, 0) is 52.6 Å². The van der Waals surface area contributed by atoms with E-state index in [4.69, 9.17) is 63.1 Å². The highest BCUT2D eigenvalue weighted by Crippen LogP contribution is 2.50. The van der Waals surface area contributed by atoms with Crippen LogP contribution in [0.4, 0.5) is 0 Å². The normalized spacial score (nSPS) is 28.3. The largest absolute Gasteiger partial charge is 0.508 e. The van der Waals surface area contributed by atoms with Crippen molar-refractivity contribution >= 4 is 82.3 Å². The van der Waals surface area contributed by atoms with Crippen LogP contribution in [0.3, 0.4) is 0 Å². The summed E-state index contributed by atoms with van der Waals surface area (Å²) in [6.07, 6.45) is -18.4. The highest BCUT2D eigenvalue weighted by Gasteiger charge is 2.52. The van der Waals surface area contributed by atoms with E-state index in [1.807, 2.05) is 13.8 Å². The number of aliphatic carboxylic acids is 1. The Labute approximate surface area is 627 Å². The summed E-state index contributed by atoms with van der Waals surface area (Å²) < 4.78 is 39.3. The van der Waals surface area contributed by atoms with Crippen molar-refractivity contribution in [2.24, 2.45) is 23.3 Å². The zero-order valence-corrected chi connectivity index (χ0v) is 60.4. The smallest absolute Gasteiger partial charge is 0.330 e. The molecule has 5 aromatic carbocycles. The molecule has 0 saturated carbocycles. The lowest BCUT2D eigenvalue weighted by Crippen LogP contribution is -2.64. The summed E-state index contributed by atoms with van der Waals surface area (Å²) in [5.74, 6) is -17.0. The van der Waals surface area contributed by atoms with E-state index >= 15 is 14.4 Å². The number of thioether (sulfide) groups is 1. The van der Waals surface area contributed by atoms with E-state index in [1.54, 1.807) is 6.92 Å². The average Bonchev–Trinajstić information content (AvgIpc) is 0.734. The maximum atomic E-state index is 16.2. The number of phenols is 3. The molecule has 10 unspecified atom stereocenters. The molecule has 38 heteroatoms. The molecule has 2 fully saturated rings. The van der Waals surface area contributed by atoms with E-state index < -0.39 is 236 Å². The summed E-state index contributed by atoms with van der Waals surface area (Å²) in [4.78, 5) is 133. The molecule has 35 nitrogen and oxygen atoms in total. The minimum Gasteiger partial charge on any atom is -0.508 e. The van der Waals surface area contributed by atoms with Crippen LogP contribution in [-0.4, -0.2) is 187 Å². The molecule has 18 atom stereocenters. The Bertz CT molecular complexity index is 4610. The third-order valence-corrected chi connectivity index (χ3v) is 20.3. The van der Waals surface area contributed by atoms with Crippen molar-refractivity contribution in [2.45, 2.75) is 169 Å². The van der Waals surface area contributed by atoms with Gasteiger partial charge in [0.1, 0.15) is 89.1 Å². The number of aliphatic hydroxyl groups excluding tert-OH is 5. The fraction of sp³-hybridized carbons (Fsp3) is 0.414. The number of fused-ring (bicyclic) bond motifs is 15. The van der Waals surface area contributed by atoms with Gasteiger partial charge in [-0.25, -0.2) is 4.79 Å². The molecule has 8 heterocycles. The number of carboxylic acids is 1. The van der Waals surface area contributed by atoms with Gasteiger partial charge in [-0.15, -0.1) is 10.2 Å². The molecular formula is C70H77Cl2N11O24S. The minimum absolute atomic E-state index is 0.0205. The van der Waals surface area contributed by atoms with Gasteiger partial charge in [0.2, 0.25) is 53.4 Å². The van der Waals surface area contributed by atoms with Gasteiger partial charge in [-0.05, 0) is 110 Å². The summed E-state index contributed by atoms with van der Waals surface area (Å²) in [6, 6.07) is 0.341. The molecule has 1 aromatic heterocycles. The first-order chi connectivity index (χ1) is 50.9. The molecule has 7 aliphatic heterocycles. The number of carboxylic acid groups (broad SMARTS) is 1. The monoisotopic (exact) mass is 1560 g/mol. The van der Waals surface area contributed by atoms with Crippen molar-refractivity contribution in [1.29, 1.82) is 0 Å². The maximum Gasteiger partial charge on any atom is 0.330 e. The Kier molecular flexibility index (Phi) is 23.5. The van der Waals surface area contributed by atoms with E-state index in [0.717, 1.165) is 78.5 Å². The third-order valence-electron chi connectivity index (χ3n) is 18.7. The molecular weight excluding hydrogens is 1480 g/mol. The number of H-pyrrole nitrogens is 1. The number of carbonyl (C=O) groups excluding carboxylic acids is 7. The number of aromatic hydroxyl groups is 3. The molecule has 7 amide bonds. The number of aryl methyl sites for hydroxylation is 1. The second-order valence-electron chi connectivity index (χ2n) is 27.4. The van der Waals surface area contributed by atoms with Gasteiger partial charge < -0.3 is 118 Å². The number of benzene rings is 5. The number of nitrogens with two attached hydrogens (primary N) is 2. The number of halogens is 2. The van der Waals surface area contributed by atoms with Crippen molar-refractivity contribution in [3.05, 3.63) is 133 Å². The Balaban J connectivity index is 1.16. The Morgan fingerprint density at radius 3 is 1.95 bits per heavy atom. The molecule has 0 aliphatic carbocycles. The highest BCUT2D eigenvalue weighted by atomic mass is 35.5. The van der Waals surface area contributed by atoms with Crippen molar-refractivity contribution in [3.8, 4) is 57.1 Å². The number of rotatable bonds is 14. The zero-order chi connectivity index (χ0) is 78.4. The summed E-state index contributed by atoms with van der Waals surface area (Å²) >= 11 is 15.1.